The Morgan fingerprint density at radius 1 is 1.56 bits per heavy atom. The smallest absolute Gasteiger partial charge is 0.160 e. The van der Waals surface area contributed by atoms with Crippen LogP contribution in [0, 0.1) is 11.3 Å². The van der Waals surface area contributed by atoms with Gasteiger partial charge in [-0.1, -0.05) is 0 Å². The topological polar surface area (TPSA) is 61.1 Å². The average molecular weight is 235 g/mol. The van der Waals surface area contributed by atoms with E-state index in [1.807, 2.05) is 6.07 Å². The van der Waals surface area contributed by atoms with Crippen LogP contribution in [-0.4, -0.2) is 23.2 Å². The third-order valence-corrected chi connectivity index (χ3v) is 3.19. The molecule has 84 valence electrons. The fourth-order valence-electron chi connectivity index (χ4n) is 1.25. The molecule has 0 saturated heterocycles. The summed E-state index contributed by atoms with van der Waals surface area (Å²) in [5.41, 5.74) is 1.19. The Morgan fingerprint density at radius 2 is 2.31 bits per heavy atom. The highest BCUT2D eigenvalue weighted by Crippen LogP contribution is 2.25. The maximum Gasteiger partial charge on any atom is 0.160 e. The maximum absolute atomic E-state index is 11.4. The fourth-order valence-corrected chi connectivity index (χ4v) is 2.32. The molecule has 0 amide bonds. The highest BCUT2D eigenvalue weighted by Gasteiger charge is 2.08. The molecule has 16 heavy (non-hydrogen) atoms. The van der Waals surface area contributed by atoms with Crippen molar-refractivity contribution in [1.29, 1.82) is 5.26 Å². The average Bonchev–Trinajstić information content (AvgIpc) is 2.29. The molecule has 1 aromatic carbocycles. The van der Waals surface area contributed by atoms with Gasteiger partial charge in [0, 0.05) is 22.8 Å². The molecule has 0 aliphatic rings. The van der Waals surface area contributed by atoms with E-state index >= 15 is 0 Å². The molecule has 0 spiro atoms. The van der Waals surface area contributed by atoms with Gasteiger partial charge in [0.2, 0.25) is 0 Å². The number of Topliss-reactive ketones (excluding diaryl/α,β-unsaturated/α-hetero) is 1. The Hall–Kier alpha value is -1.31. The SMILES string of the molecule is CC(=O)c1ccc(C#N)cc1SCCCO. The number of aliphatic hydroxyl groups excluding tert-OH is 1. The summed E-state index contributed by atoms with van der Waals surface area (Å²) in [7, 11) is 0. The van der Waals surface area contributed by atoms with Crippen LogP contribution in [0.1, 0.15) is 29.3 Å². The van der Waals surface area contributed by atoms with Gasteiger partial charge in [0.15, 0.2) is 5.78 Å². The zero-order valence-electron chi connectivity index (χ0n) is 9.06. The minimum absolute atomic E-state index is 0.00371. The van der Waals surface area contributed by atoms with Gasteiger partial charge in [-0.3, -0.25) is 4.79 Å². The maximum atomic E-state index is 11.4. The van der Waals surface area contributed by atoms with E-state index in [4.69, 9.17) is 10.4 Å². The molecule has 0 aromatic heterocycles. The monoisotopic (exact) mass is 235 g/mol. The van der Waals surface area contributed by atoms with Crippen molar-refractivity contribution in [3.05, 3.63) is 29.3 Å². The van der Waals surface area contributed by atoms with Crippen LogP contribution >= 0.6 is 11.8 Å². The molecular formula is C12H13NO2S. The first kappa shape index (κ1) is 12.8. The molecule has 1 N–H and O–H groups in total. The summed E-state index contributed by atoms with van der Waals surface area (Å²) in [5, 5.41) is 17.5. The number of aliphatic hydroxyl groups is 1. The fraction of sp³-hybridized carbons (Fsp3) is 0.333. The summed E-state index contributed by atoms with van der Waals surface area (Å²) >= 11 is 1.50. The van der Waals surface area contributed by atoms with Crippen molar-refractivity contribution in [3.63, 3.8) is 0 Å². The van der Waals surface area contributed by atoms with Gasteiger partial charge in [-0.15, -0.1) is 11.8 Å². The number of hydrogen-bond acceptors (Lipinski definition) is 4. The Kier molecular flexibility index (Phi) is 5.03. The van der Waals surface area contributed by atoms with Gasteiger partial charge >= 0.3 is 0 Å². The van der Waals surface area contributed by atoms with Crippen molar-refractivity contribution in [2.45, 2.75) is 18.2 Å². The molecule has 0 saturated carbocycles. The second-order valence-electron chi connectivity index (χ2n) is 3.30. The molecule has 0 bridgehead atoms. The van der Waals surface area contributed by atoms with Crippen LogP contribution < -0.4 is 0 Å². The van der Waals surface area contributed by atoms with Gasteiger partial charge in [-0.25, -0.2) is 0 Å². The standard InChI is InChI=1S/C12H13NO2S/c1-9(15)11-4-3-10(8-13)7-12(11)16-6-2-5-14/h3-4,7,14H,2,5-6H2,1H3. The summed E-state index contributed by atoms with van der Waals surface area (Å²) in [6.45, 7) is 1.65. The van der Waals surface area contributed by atoms with E-state index in [1.165, 1.54) is 18.7 Å². The lowest BCUT2D eigenvalue weighted by molar-refractivity contribution is 0.101. The minimum Gasteiger partial charge on any atom is -0.396 e. The Labute approximate surface area is 99.1 Å². The Bertz CT molecular complexity index is 424. The lowest BCUT2D eigenvalue weighted by Gasteiger charge is -2.06. The van der Waals surface area contributed by atoms with Gasteiger partial charge in [0.1, 0.15) is 0 Å². The number of carbonyl (C=O) groups excluding carboxylic acids is 1. The van der Waals surface area contributed by atoms with Gasteiger partial charge in [0.05, 0.1) is 11.6 Å². The highest BCUT2D eigenvalue weighted by molar-refractivity contribution is 7.99. The number of carbonyl (C=O) groups is 1. The van der Waals surface area contributed by atoms with Gasteiger partial charge in [-0.2, -0.15) is 5.26 Å². The molecular weight excluding hydrogens is 222 g/mol. The highest BCUT2D eigenvalue weighted by atomic mass is 32.2. The third-order valence-electron chi connectivity index (χ3n) is 2.05. The first-order valence-electron chi connectivity index (χ1n) is 4.97. The lowest BCUT2D eigenvalue weighted by Crippen LogP contribution is -1.97. The van der Waals surface area contributed by atoms with Gasteiger partial charge in [0.25, 0.3) is 0 Å². The number of benzene rings is 1. The minimum atomic E-state index is -0.00371. The first-order valence-corrected chi connectivity index (χ1v) is 5.96. The van der Waals surface area contributed by atoms with Crippen LogP contribution in [0.3, 0.4) is 0 Å². The van der Waals surface area contributed by atoms with Crippen LogP contribution in [0.25, 0.3) is 0 Å². The zero-order valence-corrected chi connectivity index (χ0v) is 9.88. The van der Waals surface area contributed by atoms with Gasteiger partial charge < -0.3 is 5.11 Å². The molecule has 1 aromatic rings. The summed E-state index contributed by atoms with van der Waals surface area (Å²) in [6, 6.07) is 7.10. The number of nitrogens with zero attached hydrogens (tertiary/aromatic N) is 1. The van der Waals surface area contributed by atoms with E-state index < -0.39 is 0 Å². The van der Waals surface area contributed by atoms with Crippen molar-refractivity contribution in [2.24, 2.45) is 0 Å². The molecule has 0 fully saturated rings. The molecule has 0 radical (unpaired) electrons. The number of ketones is 1. The lowest BCUT2D eigenvalue weighted by atomic mass is 10.1. The second kappa shape index (κ2) is 6.31. The molecule has 0 unspecified atom stereocenters. The largest absolute Gasteiger partial charge is 0.396 e. The quantitative estimate of drug-likeness (QED) is 0.483. The van der Waals surface area contributed by atoms with E-state index in [2.05, 4.69) is 0 Å². The van der Waals surface area contributed by atoms with E-state index in [0.29, 0.717) is 17.5 Å². The molecule has 0 aliphatic carbocycles. The number of thioether (sulfide) groups is 1. The number of rotatable bonds is 5. The molecule has 1 rings (SSSR count). The predicted octanol–water partition coefficient (Wildman–Crippen LogP) is 2.24. The van der Waals surface area contributed by atoms with E-state index in [9.17, 15) is 4.79 Å². The van der Waals surface area contributed by atoms with Crippen molar-refractivity contribution in [2.75, 3.05) is 12.4 Å². The van der Waals surface area contributed by atoms with Crippen LogP contribution in [0.15, 0.2) is 23.1 Å². The van der Waals surface area contributed by atoms with Gasteiger partial charge in [-0.05, 0) is 31.5 Å². The zero-order chi connectivity index (χ0) is 12.0. The summed E-state index contributed by atoms with van der Waals surface area (Å²) in [5.74, 6) is 0.738. The van der Waals surface area contributed by atoms with Crippen LogP contribution in [0.5, 0.6) is 0 Å². The van der Waals surface area contributed by atoms with Crippen molar-refractivity contribution < 1.29 is 9.90 Å². The van der Waals surface area contributed by atoms with E-state index in [1.54, 1.807) is 18.2 Å². The summed E-state index contributed by atoms with van der Waals surface area (Å²) in [6.07, 6.45) is 0.679. The van der Waals surface area contributed by atoms with Crippen LogP contribution in [0.4, 0.5) is 0 Å². The molecule has 0 aliphatic heterocycles. The second-order valence-corrected chi connectivity index (χ2v) is 4.44. The number of hydrogen-bond donors (Lipinski definition) is 1. The van der Waals surface area contributed by atoms with Crippen LogP contribution in [-0.2, 0) is 0 Å². The Balaban J connectivity index is 2.92. The van der Waals surface area contributed by atoms with Crippen molar-refractivity contribution >= 4 is 17.5 Å². The molecule has 0 atom stereocenters. The molecule has 4 heteroatoms. The van der Waals surface area contributed by atoms with Crippen molar-refractivity contribution in [3.8, 4) is 6.07 Å². The molecule has 3 nitrogen and oxygen atoms in total. The van der Waals surface area contributed by atoms with Crippen LogP contribution in [0.2, 0.25) is 0 Å². The van der Waals surface area contributed by atoms with E-state index in [-0.39, 0.29) is 12.4 Å². The normalized spacial score (nSPS) is 9.81. The predicted molar refractivity (Wildman–Crippen MR) is 63.6 cm³/mol. The summed E-state index contributed by atoms with van der Waals surface area (Å²) in [4.78, 5) is 12.2. The third kappa shape index (κ3) is 3.37. The molecule has 0 heterocycles. The van der Waals surface area contributed by atoms with E-state index in [0.717, 1.165) is 10.6 Å². The Morgan fingerprint density at radius 3 is 2.88 bits per heavy atom. The van der Waals surface area contributed by atoms with Crippen molar-refractivity contribution in [1.82, 2.24) is 0 Å². The first-order chi connectivity index (χ1) is 7.69. The summed E-state index contributed by atoms with van der Waals surface area (Å²) < 4.78 is 0. The number of nitriles is 1.